The van der Waals surface area contributed by atoms with E-state index in [-0.39, 0.29) is 17.6 Å². The first kappa shape index (κ1) is 28.8. The average Bonchev–Trinajstić information content (AvgIpc) is 3.48. The highest BCUT2D eigenvalue weighted by molar-refractivity contribution is 7.98. The van der Waals surface area contributed by atoms with Gasteiger partial charge in [0.25, 0.3) is 5.91 Å². The molecule has 0 fully saturated rings. The summed E-state index contributed by atoms with van der Waals surface area (Å²) in [6, 6.07) is 16.5. The Bertz CT molecular complexity index is 1410. The molecule has 0 bridgehead atoms. The van der Waals surface area contributed by atoms with Gasteiger partial charge in [0.2, 0.25) is 0 Å². The summed E-state index contributed by atoms with van der Waals surface area (Å²) in [5.41, 5.74) is 3.39. The fraction of sp³-hybridized carbons (Fsp3) is 0.233. The highest BCUT2D eigenvalue weighted by Gasteiger charge is 2.22. The lowest BCUT2D eigenvalue weighted by Gasteiger charge is -2.19. The van der Waals surface area contributed by atoms with Crippen LogP contribution in [0.5, 0.6) is 0 Å². The first-order valence-corrected chi connectivity index (χ1v) is 14.1. The number of imidazole rings is 1. The molecular weight excluding hydrogens is 534 g/mol. The van der Waals surface area contributed by atoms with Gasteiger partial charge >= 0.3 is 5.97 Å². The van der Waals surface area contributed by atoms with Gasteiger partial charge < -0.3 is 20.7 Å². The van der Waals surface area contributed by atoms with Crippen LogP contribution in [-0.2, 0) is 11.2 Å². The van der Waals surface area contributed by atoms with Gasteiger partial charge in [-0.3, -0.25) is 4.79 Å². The SMILES string of the molecule is CSCC[C@H](NC(=O)c1ccc(NCC(c2ccc(F)cc2)c2ncc[nH]2)cc1Cc1ccc(F)cc1)C(=O)O. The highest BCUT2D eigenvalue weighted by atomic mass is 32.2. The molecule has 1 amide bonds. The zero-order valence-electron chi connectivity index (χ0n) is 21.9. The Kier molecular flexibility index (Phi) is 9.91. The summed E-state index contributed by atoms with van der Waals surface area (Å²) < 4.78 is 27.1. The molecule has 40 heavy (non-hydrogen) atoms. The summed E-state index contributed by atoms with van der Waals surface area (Å²) in [4.78, 5) is 32.5. The van der Waals surface area contributed by atoms with E-state index < -0.39 is 17.9 Å². The van der Waals surface area contributed by atoms with E-state index in [0.29, 0.717) is 42.1 Å². The molecule has 3 aromatic carbocycles. The molecule has 2 atom stereocenters. The van der Waals surface area contributed by atoms with E-state index in [9.17, 15) is 23.5 Å². The number of carboxylic acid groups (broad SMARTS) is 1. The Morgan fingerprint density at radius 1 is 1.02 bits per heavy atom. The third-order valence-electron chi connectivity index (χ3n) is 6.50. The van der Waals surface area contributed by atoms with E-state index in [1.807, 2.05) is 12.3 Å². The Hall–Kier alpha value is -4.18. The van der Waals surface area contributed by atoms with Gasteiger partial charge in [-0.15, -0.1) is 0 Å². The lowest BCUT2D eigenvalue weighted by Crippen LogP contribution is -2.41. The van der Waals surface area contributed by atoms with E-state index >= 15 is 0 Å². The van der Waals surface area contributed by atoms with Gasteiger partial charge in [0.15, 0.2) is 0 Å². The smallest absolute Gasteiger partial charge is 0.326 e. The van der Waals surface area contributed by atoms with Crippen LogP contribution in [0, 0.1) is 11.6 Å². The van der Waals surface area contributed by atoms with Crippen LogP contribution in [0.2, 0.25) is 0 Å². The van der Waals surface area contributed by atoms with Crippen LogP contribution in [0.3, 0.4) is 0 Å². The van der Waals surface area contributed by atoms with Crippen molar-refractivity contribution in [3.8, 4) is 0 Å². The van der Waals surface area contributed by atoms with Crippen LogP contribution < -0.4 is 10.6 Å². The molecule has 0 aliphatic heterocycles. The van der Waals surface area contributed by atoms with E-state index in [4.69, 9.17) is 0 Å². The van der Waals surface area contributed by atoms with Crippen LogP contribution in [0.1, 0.15) is 45.2 Å². The molecule has 7 nitrogen and oxygen atoms in total. The number of rotatable bonds is 13. The number of thioether (sulfide) groups is 1. The van der Waals surface area contributed by atoms with Crippen molar-refractivity contribution in [1.29, 1.82) is 0 Å². The van der Waals surface area contributed by atoms with Crippen LogP contribution in [0.4, 0.5) is 14.5 Å². The Morgan fingerprint density at radius 2 is 1.73 bits per heavy atom. The largest absolute Gasteiger partial charge is 0.480 e. The van der Waals surface area contributed by atoms with Gasteiger partial charge in [0, 0.05) is 30.2 Å². The quantitative estimate of drug-likeness (QED) is 0.172. The summed E-state index contributed by atoms with van der Waals surface area (Å²) in [6.45, 7) is 0.427. The van der Waals surface area contributed by atoms with E-state index in [2.05, 4.69) is 20.6 Å². The molecule has 4 N–H and O–H groups in total. The van der Waals surface area contributed by atoms with Crippen molar-refractivity contribution in [1.82, 2.24) is 15.3 Å². The number of benzene rings is 3. The first-order chi connectivity index (χ1) is 19.3. The van der Waals surface area contributed by atoms with Crippen molar-refractivity contribution in [3.05, 3.63) is 119 Å². The number of amides is 1. The third kappa shape index (κ3) is 7.69. The van der Waals surface area contributed by atoms with Gasteiger partial charge in [0.1, 0.15) is 23.5 Å². The van der Waals surface area contributed by atoms with Gasteiger partial charge in [-0.1, -0.05) is 24.3 Å². The maximum atomic E-state index is 13.6. The highest BCUT2D eigenvalue weighted by Crippen LogP contribution is 2.25. The second-order valence-electron chi connectivity index (χ2n) is 9.28. The molecule has 0 radical (unpaired) electrons. The number of nitrogens with zero attached hydrogens (tertiary/aromatic N) is 1. The summed E-state index contributed by atoms with van der Waals surface area (Å²) >= 11 is 1.51. The lowest BCUT2D eigenvalue weighted by molar-refractivity contribution is -0.139. The first-order valence-electron chi connectivity index (χ1n) is 12.7. The Morgan fingerprint density at radius 3 is 2.35 bits per heavy atom. The summed E-state index contributed by atoms with van der Waals surface area (Å²) in [7, 11) is 0. The van der Waals surface area contributed by atoms with Crippen LogP contribution >= 0.6 is 11.8 Å². The minimum Gasteiger partial charge on any atom is -0.480 e. The number of hydrogen-bond acceptors (Lipinski definition) is 5. The van der Waals surface area contributed by atoms with Crippen molar-refractivity contribution >= 4 is 29.3 Å². The standard InChI is InChI=1S/C30H30F2N4O3S/c1-40-15-12-27(30(38)39)36-29(37)25-11-10-24(17-21(25)16-19-2-6-22(31)7-3-19)35-18-26(28-33-13-14-34-28)20-4-8-23(32)9-5-20/h2-11,13-14,17,26-27,35H,12,15-16,18H2,1H3,(H,33,34)(H,36,37)(H,38,39)/t26?,27-/m0/s1. The van der Waals surface area contributed by atoms with Crippen LogP contribution in [0.25, 0.3) is 0 Å². The fourth-order valence-corrected chi connectivity index (χ4v) is 4.85. The van der Waals surface area contributed by atoms with Crippen molar-refractivity contribution < 1.29 is 23.5 Å². The number of aliphatic carboxylic acids is 1. The predicted octanol–water partition coefficient (Wildman–Crippen LogP) is 5.46. The molecule has 4 rings (SSSR count). The maximum absolute atomic E-state index is 13.6. The number of anilines is 1. The van der Waals surface area contributed by atoms with Crippen LogP contribution in [0.15, 0.2) is 79.1 Å². The Balaban J connectivity index is 1.60. The third-order valence-corrected chi connectivity index (χ3v) is 7.15. The van der Waals surface area contributed by atoms with Gasteiger partial charge in [-0.05, 0) is 84.0 Å². The molecule has 0 saturated heterocycles. The lowest BCUT2D eigenvalue weighted by atomic mass is 9.96. The topological polar surface area (TPSA) is 107 Å². The molecule has 10 heteroatoms. The number of carboxylic acids is 1. The Labute approximate surface area is 235 Å². The molecule has 0 spiro atoms. The maximum Gasteiger partial charge on any atom is 0.326 e. The molecular formula is C30H30F2N4O3S. The fourth-order valence-electron chi connectivity index (χ4n) is 4.38. The molecule has 1 aromatic heterocycles. The zero-order chi connectivity index (χ0) is 28.5. The minimum absolute atomic E-state index is 0.202. The molecule has 0 aliphatic rings. The predicted molar refractivity (Wildman–Crippen MR) is 153 cm³/mol. The van der Waals surface area contributed by atoms with E-state index in [1.165, 1.54) is 36.0 Å². The second-order valence-corrected chi connectivity index (χ2v) is 10.3. The number of carbonyl (C=O) groups is 2. The number of H-pyrrole nitrogens is 1. The van der Waals surface area contributed by atoms with Gasteiger partial charge in [-0.2, -0.15) is 11.8 Å². The second kappa shape index (κ2) is 13.7. The number of hydrogen-bond donors (Lipinski definition) is 4. The molecule has 4 aromatic rings. The molecule has 0 aliphatic carbocycles. The number of halogens is 2. The number of nitrogens with one attached hydrogen (secondary N) is 3. The zero-order valence-corrected chi connectivity index (χ0v) is 22.7. The summed E-state index contributed by atoms with van der Waals surface area (Å²) in [6.07, 6.45) is 5.89. The van der Waals surface area contributed by atoms with Crippen molar-refractivity contribution in [2.45, 2.75) is 24.8 Å². The number of aromatic amines is 1. The molecule has 1 heterocycles. The van der Waals surface area contributed by atoms with Gasteiger partial charge in [-0.25, -0.2) is 18.6 Å². The van der Waals surface area contributed by atoms with Crippen molar-refractivity contribution in [2.24, 2.45) is 0 Å². The molecule has 1 unspecified atom stereocenters. The minimum atomic E-state index is -1.09. The van der Waals surface area contributed by atoms with Crippen molar-refractivity contribution in [2.75, 3.05) is 23.9 Å². The molecule has 0 saturated carbocycles. The number of carbonyl (C=O) groups excluding carboxylic acids is 1. The van der Waals surface area contributed by atoms with Gasteiger partial charge in [0.05, 0.1) is 5.92 Å². The summed E-state index contributed by atoms with van der Waals surface area (Å²) in [5, 5.41) is 15.6. The average molecular weight is 565 g/mol. The van der Waals surface area contributed by atoms with E-state index in [1.54, 1.807) is 48.8 Å². The summed E-state index contributed by atoms with van der Waals surface area (Å²) in [5.74, 6) is -1.17. The van der Waals surface area contributed by atoms with E-state index in [0.717, 1.165) is 16.8 Å². The van der Waals surface area contributed by atoms with Crippen molar-refractivity contribution in [3.63, 3.8) is 0 Å². The normalized spacial score (nSPS) is 12.5. The molecule has 208 valence electrons. The van der Waals surface area contributed by atoms with Crippen LogP contribution in [-0.4, -0.2) is 51.5 Å². The monoisotopic (exact) mass is 564 g/mol. The number of aromatic nitrogens is 2.